The maximum absolute atomic E-state index is 6.06. The van der Waals surface area contributed by atoms with Crippen LogP contribution in [0.25, 0.3) is 0 Å². The summed E-state index contributed by atoms with van der Waals surface area (Å²) in [5, 5.41) is 0. The molecule has 2 fully saturated rings. The fourth-order valence-corrected chi connectivity index (χ4v) is 2.28. The van der Waals surface area contributed by atoms with E-state index >= 15 is 0 Å². The van der Waals surface area contributed by atoms with Gasteiger partial charge in [0.2, 0.25) is 0 Å². The SMILES string of the molecule is CC(C)[C@H](N)CN1CCC2(CC2)C1. The summed E-state index contributed by atoms with van der Waals surface area (Å²) in [6.45, 7) is 8.16. The molecule has 76 valence electrons. The third kappa shape index (κ3) is 2.05. The Bertz CT molecular complexity index is 185. The van der Waals surface area contributed by atoms with Gasteiger partial charge in [0.25, 0.3) is 0 Å². The number of nitrogens with two attached hydrogens (primary N) is 1. The smallest absolute Gasteiger partial charge is 0.0191 e. The van der Waals surface area contributed by atoms with Crippen LogP contribution in [0.4, 0.5) is 0 Å². The van der Waals surface area contributed by atoms with Gasteiger partial charge in [-0.3, -0.25) is 0 Å². The van der Waals surface area contributed by atoms with Crippen LogP contribution >= 0.6 is 0 Å². The second kappa shape index (κ2) is 3.25. The second-order valence-corrected chi connectivity index (χ2v) is 5.39. The zero-order valence-electron chi connectivity index (χ0n) is 8.92. The quantitative estimate of drug-likeness (QED) is 0.716. The van der Waals surface area contributed by atoms with Gasteiger partial charge in [-0.1, -0.05) is 13.8 Å². The first kappa shape index (κ1) is 9.47. The lowest BCUT2D eigenvalue weighted by molar-refractivity contribution is 0.273. The van der Waals surface area contributed by atoms with E-state index in [1.165, 1.54) is 32.4 Å². The van der Waals surface area contributed by atoms with Gasteiger partial charge in [-0.2, -0.15) is 0 Å². The first-order chi connectivity index (χ1) is 6.11. The number of hydrogen-bond donors (Lipinski definition) is 1. The first-order valence-corrected chi connectivity index (χ1v) is 5.59. The molecule has 0 aromatic heterocycles. The summed E-state index contributed by atoms with van der Waals surface area (Å²) in [5.74, 6) is 0.621. The van der Waals surface area contributed by atoms with Crippen molar-refractivity contribution >= 4 is 0 Å². The molecule has 13 heavy (non-hydrogen) atoms. The maximum Gasteiger partial charge on any atom is 0.0191 e. The topological polar surface area (TPSA) is 29.3 Å². The number of nitrogens with zero attached hydrogens (tertiary/aromatic N) is 1. The molecule has 1 heterocycles. The highest BCUT2D eigenvalue weighted by atomic mass is 15.2. The molecule has 0 amide bonds. The van der Waals surface area contributed by atoms with Gasteiger partial charge in [0.05, 0.1) is 0 Å². The predicted molar refractivity (Wildman–Crippen MR) is 55.5 cm³/mol. The van der Waals surface area contributed by atoms with E-state index in [9.17, 15) is 0 Å². The van der Waals surface area contributed by atoms with Gasteiger partial charge in [-0.05, 0) is 37.1 Å². The van der Waals surface area contributed by atoms with Gasteiger partial charge in [0, 0.05) is 19.1 Å². The standard InChI is InChI=1S/C11H22N2/c1-9(2)10(12)7-13-6-5-11(8-13)3-4-11/h9-10H,3-8,12H2,1-2H3/t10-/m1/s1. The van der Waals surface area contributed by atoms with Crippen molar-refractivity contribution in [3.05, 3.63) is 0 Å². The molecule has 1 aliphatic carbocycles. The molecule has 0 unspecified atom stereocenters. The molecule has 2 rings (SSSR count). The molecule has 1 spiro atoms. The summed E-state index contributed by atoms with van der Waals surface area (Å²) in [6, 6.07) is 0.369. The average molecular weight is 182 g/mol. The Morgan fingerprint density at radius 1 is 1.31 bits per heavy atom. The minimum absolute atomic E-state index is 0.369. The second-order valence-electron chi connectivity index (χ2n) is 5.39. The molecule has 0 aromatic carbocycles. The monoisotopic (exact) mass is 182 g/mol. The summed E-state index contributed by atoms with van der Waals surface area (Å²) >= 11 is 0. The Labute approximate surface area is 81.5 Å². The van der Waals surface area contributed by atoms with E-state index in [1.54, 1.807) is 0 Å². The normalized spacial score (nSPS) is 28.6. The largest absolute Gasteiger partial charge is 0.326 e. The molecule has 2 heteroatoms. The molecule has 1 saturated heterocycles. The lowest BCUT2D eigenvalue weighted by Crippen LogP contribution is -2.39. The molecule has 2 nitrogen and oxygen atoms in total. The summed E-state index contributed by atoms with van der Waals surface area (Å²) in [6.07, 6.45) is 4.37. The molecular weight excluding hydrogens is 160 g/mol. The van der Waals surface area contributed by atoms with Crippen molar-refractivity contribution in [2.45, 2.75) is 39.2 Å². The third-order valence-corrected chi connectivity index (χ3v) is 3.80. The van der Waals surface area contributed by atoms with Crippen LogP contribution in [0.3, 0.4) is 0 Å². The molecular formula is C11H22N2. The van der Waals surface area contributed by atoms with E-state index in [0.717, 1.165) is 12.0 Å². The van der Waals surface area contributed by atoms with Crippen molar-refractivity contribution in [1.29, 1.82) is 0 Å². The van der Waals surface area contributed by atoms with Crippen molar-refractivity contribution in [2.24, 2.45) is 17.1 Å². The van der Waals surface area contributed by atoms with E-state index in [4.69, 9.17) is 5.73 Å². The Balaban J connectivity index is 1.77. The Morgan fingerprint density at radius 2 is 2.00 bits per heavy atom. The molecule has 2 N–H and O–H groups in total. The van der Waals surface area contributed by atoms with Crippen LogP contribution in [-0.4, -0.2) is 30.6 Å². The molecule has 1 aliphatic heterocycles. The Kier molecular flexibility index (Phi) is 2.37. The highest BCUT2D eigenvalue weighted by Gasteiger charge is 2.47. The molecule has 0 aromatic rings. The van der Waals surface area contributed by atoms with Gasteiger partial charge in [0.1, 0.15) is 0 Å². The molecule has 0 radical (unpaired) electrons. The van der Waals surface area contributed by atoms with Crippen LogP contribution in [0.5, 0.6) is 0 Å². The maximum atomic E-state index is 6.06. The van der Waals surface area contributed by atoms with Crippen LogP contribution in [0.1, 0.15) is 33.1 Å². The molecule has 2 aliphatic rings. The van der Waals surface area contributed by atoms with Gasteiger partial charge < -0.3 is 10.6 Å². The van der Waals surface area contributed by atoms with E-state index < -0.39 is 0 Å². The molecule has 1 atom stereocenters. The first-order valence-electron chi connectivity index (χ1n) is 5.59. The van der Waals surface area contributed by atoms with E-state index in [-0.39, 0.29) is 0 Å². The van der Waals surface area contributed by atoms with Crippen LogP contribution in [0.15, 0.2) is 0 Å². The zero-order valence-corrected chi connectivity index (χ0v) is 8.92. The van der Waals surface area contributed by atoms with Crippen molar-refractivity contribution in [1.82, 2.24) is 4.90 Å². The van der Waals surface area contributed by atoms with Gasteiger partial charge >= 0.3 is 0 Å². The fourth-order valence-electron chi connectivity index (χ4n) is 2.28. The Hall–Kier alpha value is -0.0800. The fraction of sp³-hybridized carbons (Fsp3) is 1.00. The third-order valence-electron chi connectivity index (χ3n) is 3.80. The molecule has 1 saturated carbocycles. The minimum Gasteiger partial charge on any atom is -0.326 e. The summed E-state index contributed by atoms with van der Waals surface area (Å²) in [5.41, 5.74) is 6.82. The number of rotatable bonds is 3. The minimum atomic E-state index is 0.369. The van der Waals surface area contributed by atoms with Gasteiger partial charge in [-0.15, -0.1) is 0 Å². The van der Waals surface area contributed by atoms with Gasteiger partial charge in [0.15, 0.2) is 0 Å². The van der Waals surface area contributed by atoms with Crippen LogP contribution in [-0.2, 0) is 0 Å². The van der Waals surface area contributed by atoms with E-state index in [1.807, 2.05) is 0 Å². The van der Waals surface area contributed by atoms with E-state index in [2.05, 4.69) is 18.7 Å². The van der Waals surface area contributed by atoms with Crippen molar-refractivity contribution < 1.29 is 0 Å². The van der Waals surface area contributed by atoms with Crippen LogP contribution < -0.4 is 5.73 Å². The summed E-state index contributed by atoms with van der Waals surface area (Å²) in [4.78, 5) is 2.57. The number of hydrogen-bond acceptors (Lipinski definition) is 2. The van der Waals surface area contributed by atoms with Gasteiger partial charge in [-0.25, -0.2) is 0 Å². The van der Waals surface area contributed by atoms with Crippen LogP contribution in [0.2, 0.25) is 0 Å². The van der Waals surface area contributed by atoms with Crippen LogP contribution in [0, 0.1) is 11.3 Å². The Morgan fingerprint density at radius 3 is 2.46 bits per heavy atom. The average Bonchev–Trinajstić information content (AvgIpc) is 2.68. The molecule has 0 bridgehead atoms. The lowest BCUT2D eigenvalue weighted by Gasteiger charge is -2.23. The summed E-state index contributed by atoms with van der Waals surface area (Å²) in [7, 11) is 0. The lowest BCUT2D eigenvalue weighted by atomic mass is 10.1. The highest BCUT2D eigenvalue weighted by molar-refractivity contribution is 5.00. The summed E-state index contributed by atoms with van der Waals surface area (Å²) < 4.78 is 0. The zero-order chi connectivity index (χ0) is 9.47. The van der Waals surface area contributed by atoms with Crippen molar-refractivity contribution in [3.63, 3.8) is 0 Å². The number of likely N-dealkylation sites (tertiary alicyclic amines) is 1. The highest BCUT2D eigenvalue weighted by Crippen LogP contribution is 2.52. The van der Waals surface area contributed by atoms with Crippen molar-refractivity contribution in [3.8, 4) is 0 Å². The van der Waals surface area contributed by atoms with E-state index in [0.29, 0.717) is 12.0 Å². The van der Waals surface area contributed by atoms with Crippen molar-refractivity contribution in [2.75, 3.05) is 19.6 Å². The predicted octanol–water partition coefficient (Wildman–Crippen LogP) is 1.46.